The van der Waals surface area contributed by atoms with E-state index in [2.05, 4.69) is 80.3 Å². The van der Waals surface area contributed by atoms with Gasteiger partial charge in [-0.05, 0) is 28.2 Å². The summed E-state index contributed by atoms with van der Waals surface area (Å²) in [5.41, 5.74) is 6.60. The van der Waals surface area contributed by atoms with Gasteiger partial charge in [0.1, 0.15) is 5.84 Å². The number of aliphatic imine (C=N–C) groups is 1. The molecule has 2 aliphatic heterocycles. The van der Waals surface area contributed by atoms with E-state index in [9.17, 15) is 0 Å². The molecule has 2 aliphatic rings. The Morgan fingerprint density at radius 2 is 1.67 bits per heavy atom. The summed E-state index contributed by atoms with van der Waals surface area (Å²) < 4.78 is 0. The second-order valence-corrected chi connectivity index (χ2v) is 7.30. The first-order chi connectivity index (χ1) is 11.0. The molecule has 0 atom stereocenters. The van der Waals surface area contributed by atoms with Gasteiger partial charge in [0.05, 0.1) is 12.2 Å². The van der Waals surface area contributed by atoms with E-state index in [0.717, 1.165) is 18.9 Å². The first-order valence-electron chi connectivity index (χ1n) is 8.28. The Morgan fingerprint density at radius 3 is 2.38 bits per heavy atom. The minimum Gasteiger partial charge on any atom is -0.324 e. The molecular formula is C21H23ClN2. The van der Waals surface area contributed by atoms with Gasteiger partial charge in [-0.15, -0.1) is 12.4 Å². The number of fused-ring (bicyclic) bond motifs is 3. The van der Waals surface area contributed by atoms with Crippen LogP contribution in [-0.2, 0) is 5.41 Å². The lowest BCUT2D eigenvalue weighted by atomic mass is 9.86. The van der Waals surface area contributed by atoms with E-state index >= 15 is 0 Å². The van der Waals surface area contributed by atoms with Crippen LogP contribution < -0.4 is 0 Å². The van der Waals surface area contributed by atoms with Gasteiger partial charge in [-0.1, -0.05) is 69.3 Å². The molecule has 0 radical (unpaired) electrons. The number of benzene rings is 2. The van der Waals surface area contributed by atoms with Crippen LogP contribution in [0.5, 0.6) is 0 Å². The molecule has 0 bridgehead atoms. The molecule has 2 aromatic carbocycles. The summed E-state index contributed by atoms with van der Waals surface area (Å²) in [7, 11) is 0. The van der Waals surface area contributed by atoms with Gasteiger partial charge in [0, 0.05) is 12.1 Å². The highest BCUT2D eigenvalue weighted by molar-refractivity contribution is 6.12. The molecule has 0 N–H and O–H groups in total. The summed E-state index contributed by atoms with van der Waals surface area (Å²) in [5.74, 6) is 1.12. The van der Waals surface area contributed by atoms with Gasteiger partial charge in [0.15, 0.2) is 0 Å². The Balaban J connectivity index is 0.00000169. The first kappa shape index (κ1) is 16.8. The predicted octanol–water partition coefficient (Wildman–Crippen LogP) is 4.98. The van der Waals surface area contributed by atoms with E-state index in [-0.39, 0.29) is 17.8 Å². The van der Waals surface area contributed by atoms with Gasteiger partial charge in [0.25, 0.3) is 0 Å². The van der Waals surface area contributed by atoms with E-state index in [4.69, 9.17) is 4.99 Å². The van der Waals surface area contributed by atoms with Crippen LogP contribution in [0.3, 0.4) is 0 Å². The number of hydrogen-bond acceptors (Lipinski definition) is 2. The number of halogens is 1. The fourth-order valence-electron chi connectivity index (χ4n) is 3.34. The highest BCUT2D eigenvalue weighted by atomic mass is 35.5. The SMILES string of the molecule is CC(C)(C)c1ccc(C2=Cc3ccccc3C3=NCCN23)cc1.Cl. The largest absolute Gasteiger partial charge is 0.324 e. The average Bonchev–Trinajstić information content (AvgIpc) is 3.03. The van der Waals surface area contributed by atoms with Crippen molar-refractivity contribution in [3.05, 3.63) is 70.8 Å². The van der Waals surface area contributed by atoms with Crippen molar-refractivity contribution in [3.8, 4) is 0 Å². The van der Waals surface area contributed by atoms with Crippen molar-refractivity contribution in [2.75, 3.05) is 13.1 Å². The monoisotopic (exact) mass is 338 g/mol. The molecule has 0 saturated carbocycles. The molecule has 4 rings (SSSR count). The van der Waals surface area contributed by atoms with Crippen LogP contribution in [-0.4, -0.2) is 23.8 Å². The molecule has 0 aromatic heterocycles. The highest BCUT2D eigenvalue weighted by Crippen LogP contribution is 2.34. The topological polar surface area (TPSA) is 15.6 Å². The first-order valence-corrected chi connectivity index (χ1v) is 8.28. The zero-order valence-corrected chi connectivity index (χ0v) is 15.2. The normalized spacial score (nSPS) is 15.9. The van der Waals surface area contributed by atoms with Crippen LogP contribution in [0.2, 0.25) is 0 Å². The van der Waals surface area contributed by atoms with Crippen molar-refractivity contribution in [2.24, 2.45) is 4.99 Å². The molecular weight excluding hydrogens is 316 g/mol. The van der Waals surface area contributed by atoms with E-state index in [1.807, 2.05) is 0 Å². The maximum absolute atomic E-state index is 4.73. The molecule has 2 heterocycles. The molecule has 0 spiro atoms. The predicted molar refractivity (Wildman–Crippen MR) is 105 cm³/mol. The van der Waals surface area contributed by atoms with Crippen LogP contribution in [0.4, 0.5) is 0 Å². The summed E-state index contributed by atoms with van der Waals surface area (Å²) >= 11 is 0. The fraction of sp³-hybridized carbons (Fsp3) is 0.286. The zero-order chi connectivity index (χ0) is 16.0. The number of hydrogen-bond donors (Lipinski definition) is 0. The maximum atomic E-state index is 4.73. The third-order valence-electron chi connectivity index (χ3n) is 4.67. The average molecular weight is 339 g/mol. The van der Waals surface area contributed by atoms with Gasteiger partial charge in [-0.3, -0.25) is 4.99 Å². The van der Waals surface area contributed by atoms with Crippen LogP contribution in [0.15, 0.2) is 53.5 Å². The fourth-order valence-corrected chi connectivity index (χ4v) is 3.34. The van der Waals surface area contributed by atoms with Crippen molar-refractivity contribution in [3.63, 3.8) is 0 Å². The summed E-state index contributed by atoms with van der Waals surface area (Å²) in [5, 5.41) is 0. The minimum absolute atomic E-state index is 0. The van der Waals surface area contributed by atoms with Crippen LogP contribution >= 0.6 is 12.4 Å². The maximum Gasteiger partial charge on any atom is 0.136 e. The van der Waals surface area contributed by atoms with Gasteiger partial charge in [-0.2, -0.15) is 0 Å². The molecule has 2 nitrogen and oxygen atoms in total. The van der Waals surface area contributed by atoms with Crippen LogP contribution in [0.25, 0.3) is 11.8 Å². The van der Waals surface area contributed by atoms with Crippen molar-refractivity contribution in [1.29, 1.82) is 0 Å². The van der Waals surface area contributed by atoms with Gasteiger partial charge >= 0.3 is 0 Å². The van der Waals surface area contributed by atoms with Crippen molar-refractivity contribution < 1.29 is 0 Å². The molecule has 0 fully saturated rings. The minimum atomic E-state index is 0. The number of nitrogens with zero attached hydrogens (tertiary/aromatic N) is 2. The lowest BCUT2D eigenvalue weighted by molar-refractivity contribution is 0.590. The Labute approximate surface area is 150 Å². The van der Waals surface area contributed by atoms with E-state index in [0.29, 0.717) is 0 Å². The quantitative estimate of drug-likeness (QED) is 0.716. The molecule has 0 saturated heterocycles. The molecule has 3 heteroatoms. The molecule has 124 valence electrons. The molecule has 0 amide bonds. The molecule has 24 heavy (non-hydrogen) atoms. The lowest BCUT2D eigenvalue weighted by Gasteiger charge is -2.29. The van der Waals surface area contributed by atoms with Crippen molar-refractivity contribution in [2.45, 2.75) is 26.2 Å². The van der Waals surface area contributed by atoms with Gasteiger partial charge in [-0.25, -0.2) is 0 Å². The Kier molecular flexibility index (Phi) is 4.27. The van der Waals surface area contributed by atoms with E-state index in [1.54, 1.807) is 0 Å². The summed E-state index contributed by atoms with van der Waals surface area (Å²) in [4.78, 5) is 7.09. The zero-order valence-electron chi connectivity index (χ0n) is 14.4. The number of rotatable bonds is 1. The van der Waals surface area contributed by atoms with E-state index in [1.165, 1.54) is 28.0 Å². The van der Waals surface area contributed by atoms with Crippen molar-refractivity contribution >= 4 is 30.0 Å². The Morgan fingerprint density at radius 1 is 0.958 bits per heavy atom. The van der Waals surface area contributed by atoms with Gasteiger partial charge in [0.2, 0.25) is 0 Å². The number of amidine groups is 1. The van der Waals surface area contributed by atoms with Crippen LogP contribution in [0, 0.1) is 0 Å². The second-order valence-electron chi connectivity index (χ2n) is 7.30. The van der Waals surface area contributed by atoms with Crippen LogP contribution in [0.1, 0.15) is 43.0 Å². The van der Waals surface area contributed by atoms with Crippen molar-refractivity contribution in [1.82, 2.24) is 4.90 Å². The summed E-state index contributed by atoms with van der Waals surface area (Å²) in [6.07, 6.45) is 2.30. The lowest BCUT2D eigenvalue weighted by Crippen LogP contribution is -2.30. The standard InChI is InChI=1S/C21H22N2.ClH/c1-21(2,3)17-10-8-15(9-11-17)19-14-16-6-4-5-7-18(16)20-22-12-13-23(19)20;/h4-11,14H,12-13H2,1-3H3;1H. The summed E-state index contributed by atoms with van der Waals surface area (Å²) in [6.45, 7) is 8.60. The molecule has 2 aromatic rings. The highest BCUT2D eigenvalue weighted by Gasteiger charge is 2.28. The third-order valence-corrected chi connectivity index (χ3v) is 4.67. The summed E-state index contributed by atoms with van der Waals surface area (Å²) in [6, 6.07) is 17.5. The molecule has 0 unspecified atom stereocenters. The van der Waals surface area contributed by atoms with Gasteiger partial charge < -0.3 is 4.90 Å². The Bertz CT molecular complexity index is 810. The van der Waals surface area contributed by atoms with E-state index < -0.39 is 0 Å². The Hall–Kier alpha value is -2.06. The second kappa shape index (κ2) is 6.10. The third kappa shape index (κ3) is 2.76. The molecule has 0 aliphatic carbocycles. The smallest absolute Gasteiger partial charge is 0.136 e.